The third kappa shape index (κ3) is 1.52. The Morgan fingerprint density at radius 2 is 1.93 bits per heavy atom. The number of hydrogen-bond donors (Lipinski definition) is 1. The van der Waals surface area contributed by atoms with E-state index in [0.29, 0.717) is 5.02 Å². The highest BCUT2D eigenvalue weighted by Gasteiger charge is 2.18. The van der Waals surface area contributed by atoms with Gasteiger partial charge in [-0.1, -0.05) is 23.7 Å². The summed E-state index contributed by atoms with van der Waals surface area (Å²) in [7, 11) is 0. The van der Waals surface area contributed by atoms with Crippen molar-refractivity contribution in [1.29, 1.82) is 0 Å². The van der Waals surface area contributed by atoms with Gasteiger partial charge in [0.2, 0.25) is 0 Å². The lowest BCUT2D eigenvalue weighted by atomic mass is 10.1. The van der Waals surface area contributed by atoms with Crippen LogP contribution in [0.25, 0.3) is 10.1 Å². The molecule has 0 radical (unpaired) electrons. The van der Waals surface area contributed by atoms with Crippen LogP contribution < -0.4 is 0 Å². The number of carboxylic acids is 1. The van der Waals surface area contributed by atoms with E-state index in [9.17, 15) is 4.79 Å². The molecule has 1 N–H and O–H groups in total. The van der Waals surface area contributed by atoms with Crippen LogP contribution in [-0.2, 0) is 0 Å². The Hall–Kier alpha value is -1.06. The highest BCUT2D eigenvalue weighted by Crippen LogP contribution is 2.38. The summed E-state index contributed by atoms with van der Waals surface area (Å²) in [6.07, 6.45) is 0. The molecule has 0 aliphatic rings. The first-order chi connectivity index (χ1) is 7.02. The Bertz CT molecular complexity index is 557. The monoisotopic (exact) mass is 240 g/mol. The highest BCUT2D eigenvalue weighted by molar-refractivity contribution is 7.21. The van der Waals surface area contributed by atoms with Crippen LogP contribution in [0.4, 0.5) is 0 Å². The van der Waals surface area contributed by atoms with Crippen molar-refractivity contribution in [2.24, 2.45) is 0 Å². The zero-order valence-electron chi connectivity index (χ0n) is 8.30. The fourth-order valence-corrected chi connectivity index (χ4v) is 3.16. The summed E-state index contributed by atoms with van der Waals surface area (Å²) in [6, 6.07) is 3.94. The van der Waals surface area contributed by atoms with E-state index < -0.39 is 5.97 Å². The average Bonchev–Trinajstić information content (AvgIpc) is 2.51. The molecule has 0 saturated heterocycles. The van der Waals surface area contributed by atoms with Gasteiger partial charge in [0.15, 0.2) is 0 Å². The van der Waals surface area contributed by atoms with Crippen LogP contribution >= 0.6 is 22.9 Å². The predicted molar refractivity (Wildman–Crippen MR) is 63.3 cm³/mol. The third-order valence-electron chi connectivity index (χ3n) is 2.38. The molecular formula is C11H9ClO2S. The molecular weight excluding hydrogens is 232 g/mol. The van der Waals surface area contributed by atoms with Crippen LogP contribution in [0.2, 0.25) is 5.02 Å². The number of benzene rings is 1. The molecule has 0 spiro atoms. The minimum absolute atomic E-state index is 0.226. The summed E-state index contributed by atoms with van der Waals surface area (Å²) >= 11 is 7.30. The van der Waals surface area contributed by atoms with E-state index in [2.05, 4.69) is 0 Å². The SMILES string of the molecule is Cc1ccc(C)c2c(Cl)c(C(=O)O)sc12. The van der Waals surface area contributed by atoms with Gasteiger partial charge in [-0.05, 0) is 25.0 Å². The minimum atomic E-state index is -0.958. The fourth-order valence-electron chi connectivity index (χ4n) is 1.59. The molecule has 1 aromatic carbocycles. The van der Waals surface area contributed by atoms with E-state index in [4.69, 9.17) is 16.7 Å². The van der Waals surface area contributed by atoms with Crippen LogP contribution in [-0.4, -0.2) is 11.1 Å². The summed E-state index contributed by atoms with van der Waals surface area (Å²) in [6.45, 7) is 3.90. The molecule has 2 rings (SSSR count). The van der Waals surface area contributed by atoms with Crippen LogP contribution in [0.3, 0.4) is 0 Å². The van der Waals surface area contributed by atoms with Gasteiger partial charge in [0, 0.05) is 10.1 Å². The number of thiophene rings is 1. The lowest BCUT2D eigenvalue weighted by molar-refractivity contribution is 0.0702. The smallest absolute Gasteiger partial charge is 0.347 e. The molecule has 1 heterocycles. The standard InChI is InChI=1S/C11H9ClO2S/c1-5-3-4-6(2)9-7(5)8(12)10(15-9)11(13)14/h3-4H,1-2H3,(H,13,14). The molecule has 0 aliphatic carbocycles. The maximum atomic E-state index is 10.9. The van der Waals surface area contributed by atoms with E-state index in [1.54, 1.807) is 0 Å². The summed E-state index contributed by atoms with van der Waals surface area (Å²) in [5.41, 5.74) is 2.08. The Balaban J connectivity index is 2.93. The normalized spacial score (nSPS) is 10.9. The number of aryl methyl sites for hydroxylation is 2. The van der Waals surface area contributed by atoms with Crippen molar-refractivity contribution in [1.82, 2.24) is 0 Å². The highest BCUT2D eigenvalue weighted by atomic mass is 35.5. The lowest BCUT2D eigenvalue weighted by Gasteiger charge is -1.99. The van der Waals surface area contributed by atoms with Crippen molar-refractivity contribution in [2.45, 2.75) is 13.8 Å². The second kappa shape index (κ2) is 3.51. The molecule has 15 heavy (non-hydrogen) atoms. The van der Waals surface area contributed by atoms with E-state index in [-0.39, 0.29) is 4.88 Å². The number of fused-ring (bicyclic) bond motifs is 1. The minimum Gasteiger partial charge on any atom is -0.477 e. The molecule has 0 unspecified atom stereocenters. The number of halogens is 1. The van der Waals surface area contributed by atoms with Crippen LogP contribution in [0, 0.1) is 13.8 Å². The first-order valence-corrected chi connectivity index (χ1v) is 5.63. The summed E-state index contributed by atoms with van der Waals surface area (Å²) < 4.78 is 0.970. The molecule has 1 aromatic heterocycles. The first kappa shape index (κ1) is 10.5. The number of rotatable bonds is 1. The fraction of sp³-hybridized carbons (Fsp3) is 0.182. The molecule has 0 atom stereocenters. The maximum Gasteiger partial charge on any atom is 0.347 e. The first-order valence-electron chi connectivity index (χ1n) is 4.44. The van der Waals surface area contributed by atoms with Gasteiger partial charge in [0.05, 0.1) is 5.02 Å². The number of carbonyl (C=O) groups is 1. The Morgan fingerprint density at radius 3 is 2.47 bits per heavy atom. The Kier molecular flexibility index (Phi) is 2.44. The number of aromatic carboxylic acids is 1. The van der Waals surface area contributed by atoms with Crippen molar-refractivity contribution < 1.29 is 9.90 Å². The molecule has 4 heteroatoms. The molecule has 0 fully saturated rings. The maximum absolute atomic E-state index is 10.9. The molecule has 2 aromatic rings. The molecule has 0 bridgehead atoms. The van der Waals surface area contributed by atoms with E-state index >= 15 is 0 Å². The largest absolute Gasteiger partial charge is 0.477 e. The van der Waals surface area contributed by atoms with Crippen molar-refractivity contribution in [3.8, 4) is 0 Å². The molecule has 78 valence electrons. The van der Waals surface area contributed by atoms with Crippen molar-refractivity contribution in [2.75, 3.05) is 0 Å². The average molecular weight is 241 g/mol. The zero-order chi connectivity index (χ0) is 11.2. The van der Waals surface area contributed by atoms with Crippen molar-refractivity contribution >= 4 is 39.0 Å². The van der Waals surface area contributed by atoms with Crippen LogP contribution in [0.1, 0.15) is 20.8 Å². The number of carboxylic acid groups (broad SMARTS) is 1. The Morgan fingerprint density at radius 1 is 1.33 bits per heavy atom. The van der Waals surface area contributed by atoms with Gasteiger partial charge in [-0.15, -0.1) is 11.3 Å². The van der Waals surface area contributed by atoms with Crippen molar-refractivity contribution in [3.05, 3.63) is 33.2 Å². The van der Waals surface area contributed by atoms with E-state index in [0.717, 1.165) is 21.2 Å². The van der Waals surface area contributed by atoms with Gasteiger partial charge in [-0.25, -0.2) is 4.79 Å². The van der Waals surface area contributed by atoms with Gasteiger partial charge >= 0.3 is 5.97 Å². The van der Waals surface area contributed by atoms with Crippen molar-refractivity contribution in [3.63, 3.8) is 0 Å². The van der Waals surface area contributed by atoms with Crippen LogP contribution in [0.5, 0.6) is 0 Å². The van der Waals surface area contributed by atoms with Gasteiger partial charge in [-0.2, -0.15) is 0 Å². The molecule has 2 nitrogen and oxygen atoms in total. The third-order valence-corrected chi connectivity index (χ3v) is 4.18. The summed E-state index contributed by atoms with van der Waals surface area (Å²) in [4.78, 5) is 11.2. The quantitative estimate of drug-likeness (QED) is 0.822. The second-order valence-corrected chi connectivity index (χ2v) is 4.85. The van der Waals surface area contributed by atoms with Gasteiger partial charge in [-0.3, -0.25) is 0 Å². The molecule has 0 aliphatic heterocycles. The van der Waals surface area contributed by atoms with Gasteiger partial charge in [0.25, 0.3) is 0 Å². The van der Waals surface area contributed by atoms with E-state index in [1.165, 1.54) is 11.3 Å². The lowest BCUT2D eigenvalue weighted by Crippen LogP contribution is -1.91. The molecule has 0 saturated carbocycles. The summed E-state index contributed by atoms with van der Waals surface area (Å²) in [5.74, 6) is -0.958. The molecule has 0 amide bonds. The predicted octanol–water partition coefficient (Wildman–Crippen LogP) is 3.87. The van der Waals surface area contributed by atoms with Gasteiger partial charge in [0.1, 0.15) is 4.88 Å². The second-order valence-electron chi connectivity index (χ2n) is 3.45. The Labute approximate surface area is 96.1 Å². The number of hydrogen-bond acceptors (Lipinski definition) is 2. The van der Waals surface area contributed by atoms with E-state index in [1.807, 2.05) is 26.0 Å². The zero-order valence-corrected chi connectivity index (χ0v) is 9.87. The van der Waals surface area contributed by atoms with Gasteiger partial charge < -0.3 is 5.11 Å². The topological polar surface area (TPSA) is 37.3 Å². The van der Waals surface area contributed by atoms with Crippen LogP contribution in [0.15, 0.2) is 12.1 Å². The summed E-state index contributed by atoms with van der Waals surface area (Å²) in [5, 5.41) is 10.2.